The molecule has 0 saturated heterocycles. The quantitative estimate of drug-likeness (QED) is 0.230. The van der Waals surface area contributed by atoms with Crippen molar-refractivity contribution in [2.75, 3.05) is 13.7 Å². The van der Waals surface area contributed by atoms with Crippen LogP contribution < -0.4 is 9.47 Å². The molecule has 0 N–H and O–H groups in total. The monoisotopic (exact) mass is 482 g/mol. The molecule has 37 heavy (non-hydrogen) atoms. The highest BCUT2D eigenvalue weighted by molar-refractivity contribution is 5.86. The number of hydrogen-bond donors (Lipinski definition) is 0. The molecule has 6 rings (SSSR count). The van der Waals surface area contributed by atoms with Crippen LogP contribution in [0.1, 0.15) is 33.4 Å². The van der Waals surface area contributed by atoms with Crippen molar-refractivity contribution in [1.82, 2.24) is 0 Å². The molecule has 0 spiro atoms. The van der Waals surface area contributed by atoms with Crippen LogP contribution >= 0.6 is 0 Å². The molecule has 0 aromatic heterocycles. The highest BCUT2D eigenvalue weighted by Crippen LogP contribution is 2.56. The highest BCUT2D eigenvalue weighted by atomic mass is 16.5. The summed E-state index contributed by atoms with van der Waals surface area (Å²) in [6, 6.07) is 43.3. The van der Waals surface area contributed by atoms with Crippen molar-refractivity contribution in [2.24, 2.45) is 0 Å². The van der Waals surface area contributed by atoms with Gasteiger partial charge in [0.15, 0.2) is 0 Å². The fourth-order valence-corrected chi connectivity index (χ4v) is 5.84. The molecule has 182 valence electrons. The van der Waals surface area contributed by atoms with Gasteiger partial charge in [-0.05, 0) is 75.7 Å². The van der Waals surface area contributed by atoms with E-state index in [1.165, 1.54) is 44.5 Å². The maximum Gasteiger partial charge on any atom is 0.119 e. The number of aryl methyl sites for hydroxylation is 1. The molecule has 2 nitrogen and oxygen atoms in total. The van der Waals surface area contributed by atoms with E-state index in [1.54, 1.807) is 7.11 Å². The molecule has 2 heteroatoms. The third-order valence-electron chi connectivity index (χ3n) is 7.66. The zero-order valence-corrected chi connectivity index (χ0v) is 21.3. The first-order valence-corrected chi connectivity index (χ1v) is 12.8. The van der Waals surface area contributed by atoms with Gasteiger partial charge in [-0.2, -0.15) is 0 Å². The number of rotatable bonds is 7. The maximum absolute atomic E-state index is 6.17. The van der Waals surface area contributed by atoms with Crippen molar-refractivity contribution in [3.63, 3.8) is 0 Å². The Bertz CT molecular complexity index is 1490. The van der Waals surface area contributed by atoms with Crippen LogP contribution in [0.15, 0.2) is 121 Å². The SMILES string of the molecule is COc1ccc(C2(c3ccc(OCCc4ccccc4C)cc3)c3ccccc3-c3ccccc32)cc1. The molecular formula is C35H30O2. The Morgan fingerprint density at radius 2 is 1.08 bits per heavy atom. The van der Waals surface area contributed by atoms with E-state index < -0.39 is 5.41 Å². The largest absolute Gasteiger partial charge is 0.497 e. The molecule has 0 unspecified atom stereocenters. The molecule has 5 aromatic rings. The molecule has 1 aliphatic rings. The van der Waals surface area contributed by atoms with E-state index in [-0.39, 0.29) is 0 Å². The number of hydrogen-bond acceptors (Lipinski definition) is 2. The number of ether oxygens (including phenoxy) is 2. The van der Waals surface area contributed by atoms with Gasteiger partial charge in [-0.1, -0.05) is 97.1 Å². The van der Waals surface area contributed by atoms with Crippen LogP contribution in [0.25, 0.3) is 11.1 Å². The summed E-state index contributed by atoms with van der Waals surface area (Å²) in [4.78, 5) is 0. The molecule has 1 aliphatic carbocycles. The lowest BCUT2D eigenvalue weighted by molar-refractivity contribution is 0.321. The van der Waals surface area contributed by atoms with Gasteiger partial charge in [0.2, 0.25) is 0 Å². The Morgan fingerprint density at radius 1 is 0.568 bits per heavy atom. The zero-order chi connectivity index (χ0) is 25.2. The van der Waals surface area contributed by atoms with Crippen molar-refractivity contribution < 1.29 is 9.47 Å². The second-order valence-electron chi connectivity index (χ2n) is 9.62. The van der Waals surface area contributed by atoms with Crippen LogP contribution in [0.4, 0.5) is 0 Å². The lowest BCUT2D eigenvalue weighted by atomic mass is 9.68. The average Bonchev–Trinajstić information content (AvgIpc) is 3.26. The van der Waals surface area contributed by atoms with Gasteiger partial charge in [-0.3, -0.25) is 0 Å². The standard InChI is InChI=1S/C35H30O2/c1-25-9-3-4-10-26(25)23-24-37-30-21-17-28(18-22-30)35(27-15-19-29(36-2)20-16-27)33-13-7-5-11-31(33)32-12-6-8-14-34(32)35/h3-22H,23-24H2,1-2H3. The Balaban J connectivity index is 1.41. The van der Waals surface area contributed by atoms with E-state index in [1.807, 2.05) is 0 Å². The Morgan fingerprint density at radius 3 is 1.65 bits per heavy atom. The van der Waals surface area contributed by atoms with Gasteiger partial charge in [-0.25, -0.2) is 0 Å². The van der Waals surface area contributed by atoms with Crippen LogP contribution in [0, 0.1) is 6.92 Å². The van der Waals surface area contributed by atoms with E-state index in [0.29, 0.717) is 6.61 Å². The van der Waals surface area contributed by atoms with Gasteiger partial charge in [0.1, 0.15) is 11.5 Å². The topological polar surface area (TPSA) is 18.5 Å². The number of benzene rings is 5. The Hall–Kier alpha value is -4.30. The minimum Gasteiger partial charge on any atom is -0.497 e. The summed E-state index contributed by atoms with van der Waals surface area (Å²) in [5.41, 5.74) is 9.83. The summed E-state index contributed by atoms with van der Waals surface area (Å²) < 4.78 is 11.7. The van der Waals surface area contributed by atoms with Gasteiger partial charge >= 0.3 is 0 Å². The molecule has 0 aliphatic heterocycles. The smallest absolute Gasteiger partial charge is 0.119 e. The second kappa shape index (κ2) is 9.63. The van der Waals surface area contributed by atoms with E-state index in [0.717, 1.165) is 17.9 Å². The summed E-state index contributed by atoms with van der Waals surface area (Å²) in [6.07, 6.45) is 0.894. The van der Waals surface area contributed by atoms with Crippen LogP contribution in [-0.4, -0.2) is 13.7 Å². The van der Waals surface area contributed by atoms with Crippen LogP contribution in [0.2, 0.25) is 0 Å². The fourth-order valence-electron chi connectivity index (χ4n) is 5.84. The average molecular weight is 483 g/mol. The molecule has 0 amide bonds. The lowest BCUT2D eigenvalue weighted by Crippen LogP contribution is -2.28. The van der Waals surface area contributed by atoms with E-state index in [9.17, 15) is 0 Å². The molecule has 0 atom stereocenters. The maximum atomic E-state index is 6.17. The summed E-state index contributed by atoms with van der Waals surface area (Å²) in [6.45, 7) is 2.81. The molecular weight excluding hydrogens is 452 g/mol. The summed E-state index contributed by atoms with van der Waals surface area (Å²) in [5.74, 6) is 1.75. The third kappa shape index (κ3) is 3.90. The van der Waals surface area contributed by atoms with Crippen molar-refractivity contribution in [2.45, 2.75) is 18.8 Å². The predicted molar refractivity (Wildman–Crippen MR) is 151 cm³/mol. The predicted octanol–water partition coefficient (Wildman–Crippen LogP) is 7.99. The first kappa shape index (κ1) is 23.1. The van der Waals surface area contributed by atoms with Crippen molar-refractivity contribution in [3.05, 3.63) is 155 Å². The van der Waals surface area contributed by atoms with Crippen molar-refractivity contribution >= 4 is 0 Å². The van der Waals surface area contributed by atoms with Gasteiger partial charge in [0.25, 0.3) is 0 Å². The summed E-state index contributed by atoms with van der Waals surface area (Å²) in [5, 5.41) is 0. The third-order valence-corrected chi connectivity index (χ3v) is 7.66. The van der Waals surface area contributed by atoms with Crippen LogP contribution in [0.5, 0.6) is 11.5 Å². The fraction of sp³-hybridized carbons (Fsp3) is 0.143. The Kier molecular flexibility index (Phi) is 6.02. The van der Waals surface area contributed by atoms with Crippen LogP contribution in [0.3, 0.4) is 0 Å². The van der Waals surface area contributed by atoms with Gasteiger partial charge in [0, 0.05) is 6.42 Å². The first-order valence-electron chi connectivity index (χ1n) is 12.8. The summed E-state index contributed by atoms with van der Waals surface area (Å²) in [7, 11) is 1.71. The second-order valence-corrected chi connectivity index (χ2v) is 9.62. The van der Waals surface area contributed by atoms with Crippen LogP contribution in [-0.2, 0) is 11.8 Å². The van der Waals surface area contributed by atoms with E-state index >= 15 is 0 Å². The van der Waals surface area contributed by atoms with Crippen molar-refractivity contribution in [1.29, 1.82) is 0 Å². The normalized spacial score (nSPS) is 13.0. The molecule has 0 fully saturated rings. The molecule has 0 bridgehead atoms. The lowest BCUT2D eigenvalue weighted by Gasteiger charge is -2.34. The number of methoxy groups -OCH3 is 1. The van der Waals surface area contributed by atoms with E-state index in [4.69, 9.17) is 9.47 Å². The first-order chi connectivity index (χ1) is 18.2. The van der Waals surface area contributed by atoms with Gasteiger partial charge in [0.05, 0.1) is 19.1 Å². The number of fused-ring (bicyclic) bond motifs is 3. The zero-order valence-electron chi connectivity index (χ0n) is 21.3. The van der Waals surface area contributed by atoms with Gasteiger partial charge in [-0.15, -0.1) is 0 Å². The highest BCUT2D eigenvalue weighted by Gasteiger charge is 2.45. The minimum atomic E-state index is -0.418. The molecule has 0 radical (unpaired) electrons. The molecule has 0 saturated carbocycles. The molecule has 5 aromatic carbocycles. The molecule has 0 heterocycles. The Labute approximate surface area is 219 Å². The minimum absolute atomic E-state index is 0.418. The van der Waals surface area contributed by atoms with Gasteiger partial charge < -0.3 is 9.47 Å². The van der Waals surface area contributed by atoms with E-state index in [2.05, 4.69) is 128 Å². The summed E-state index contributed by atoms with van der Waals surface area (Å²) >= 11 is 0. The van der Waals surface area contributed by atoms with Crippen molar-refractivity contribution in [3.8, 4) is 22.6 Å².